The third-order valence-corrected chi connectivity index (χ3v) is 13.5. The summed E-state index contributed by atoms with van der Waals surface area (Å²) in [6, 6.07) is 66.4. The van der Waals surface area contributed by atoms with E-state index < -0.39 is 0 Å². The molecule has 3 aliphatic rings. The molecule has 0 aliphatic heterocycles. The van der Waals surface area contributed by atoms with Crippen molar-refractivity contribution in [3.63, 3.8) is 0 Å². The monoisotopic (exact) mass is 756 g/mol. The highest BCUT2D eigenvalue weighted by Crippen LogP contribution is 2.77. The van der Waals surface area contributed by atoms with E-state index in [4.69, 9.17) is 19.9 Å². The molecular formula is C55H40N4. The van der Waals surface area contributed by atoms with Gasteiger partial charge in [0.2, 0.25) is 0 Å². The summed E-state index contributed by atoms with van der Waals surface area (Å²) in [5, 5.41) is 2.31. The Morgan fingerprint density at radius 1 is 0.373 bits per heavy atom. The van der Waals surface area contributed by atoms with Crippen LogP contribution in [-0.2, 0) is 5.41 Å². The van der Waals surface area contributed by atoms with Gasteiger partial charge in [-0.25, -0.2) is 19.9 Å². The zero-order chi connectivity index (χ0) is 38.9. The van der Waals surface area contributed by atoms with Crippen molar-refractivity contribution in [3.05, 3.63) is 194 Å². The molecule has 4 nitrogen and oxygen atoms in total. The molecule has 280 valence electrons. The van der Waals surface area contributed by atoms with Gasteiger partial charge in [-0.1, -0.05) is 170 Å². The summed E-state index contributed by atoms with van der Waals surface area (Å²) >= 11 is 0. The molecule has 0 N–H and O–H groups in total. The molecule has 0 spiro atoms. The minimum absolute atomic E-state index is 0.401. The van der Waals surface area contributed by atoms with Gasteiger partial charge in [-0.15, -0.1) is 0 Å². The Morgan fingerprint density at radius 3 is 1.39 bits per heavy atom. The van der Waals surface area contributed by atoms with Crippen molar-refractivity contribution in [3.8, 4) is 78.9 Å². The first-order chi connectivity index (χ1) is 29.1. The zero-order valence-electron chi connectivity index (χ0n) is 32.5. The molecule has 9 aromatic rings. The van der Waals surface area contributed by atoms with Crippen LogP contribution in [0.5, 0.6) is 0 Å². The lowest BCUT2D eigenvalue weighted by Crippen LogP contribution is -2.71. The maximum atomic E-state index is 5.23. The van der Waals surface area contributed by atoms with Crippen LogP contribution in [0.2, 0.25) is 0 Å². The lowest BCUT2D eigenvalue weighted by molar-refractivity contribution is -0.219. The van der Waals surface area contributed by atoms with Crippen LogP contribution in [-0.4, -0.2) is 19.9 Å². The molecule has 3 saturated carbocycles. The molecule has 2 unspecified atom stereocenters. The smallest absolute Gasteiger partial charge is 0.161 e. The summed E-state index contributed by atoms with van der Waals surface area (Å²) < 4.78 is 0. The van der Waals surface area contributed by atoms with E-state index in [1.807, 2.05) is 6.07 Å². The quantitative estimate of drug-likeness (QED) is 0.155. The molecule has 12 rings (SSSR count). The van der Waals surface area contributed by atoms with Crippen LogP contribution in [0, 0.1) is 17.8 Å². The van der Waals surface area contributed by atoms with Gasteiger partial charge in [-0.2, -0.15) is 0 Å². The molecule has 4 heteroatoms. The topological polar surface area (TPSA) is 51.6 Å². The Bertz CT molecular complexity index is 3010. The van der Waals surface area contributed by atoms with E-state index in [0.29, 0.717) is 5.41 Å². The normalized spacial score (nSPS) is 19.9. The predicted octanol–water partition coefficient (Wildman–Crippen LogP) is 13.4. The summed E-state index contributed by atoms with van der Waals surface area (Å²) in [6.07, 6.45) is 4.16. The molecule has 0 amide bonds. The Hall–Kier alpha value is -7.04. The first-order valence-electron chi connectivity index (χ1n) is 20.8. The van der Waals surface area contributed by atoms with Crippen LogP contribution in [0.4, 0.5) is 0 Å². The SMILES string of the molecule is c1ccc(-c2cc(-c3ccc(-c4ccc(-c5cc(-c6ccccc6)nc(-c6cccc7ccccc67)n5)cc4)cc3)nc(-c3cccc(C45CC6CC(C4)C65)c3)n2)cc1. The highest BCUT2D eigenvalue weighted by Gasteiger charge is 2.71. The molecule has 2 heterocycles. The fraction of sp³-hybridized carbons (Fsp3) is 0.127. The average molecular weight is 757 g/mol. The van der Waals surface area contributed by atoms with Crippen LogP contribution in [0.1, 0.15) is 24.8 Å². The average Bonchev–Trinajstić information content (AvgIpc) is 3.31. The molecule has 59 heavy (non-hydrogen) atoms. The second kappa shape index (κ2) is 13.5. The summed E-state index contributed by atoms with van der Waals surface area (Å²) in [7, 11) is 0. The lowest BCUT2D eigenvalue weighted by atomic mass is 9.28. The highest BCUT2D eigenvalue weighted by molar-refractivity contribution is 5.95. The van der Waals surface area contributed by atoms with Crippen molar-refractivity contribution in [2.45, 2.75) is 24.7 Å². The van der Waals surface area contributed by atoms with Crippen molar-refractivity contribution in [2.75, 3.05) is 0 Å². The number of hydrogen-bond donors (Lipinski definition) is 0. The van der Waals surface area contributed by atoms with Crippen LogP contribution in [0.25, 0.3) is 89.7 Å². The third-order valence-electron chi connectivity index (χ3n) is 13.5. The van der Waals surface area contributed by atoms with E-state index in [-0.39, 0.29) is 0 Å². The molecule has 2 aromatic heterocycles. The Kier molecular flexibility index (Phi) is 7.81. The van der Waals surface area contributed by atoms with E-state index in [1.165, 1.54) is 30.2 Å². The van der Waals surface area contributed by atoms with Crippen molar-refractivity contribution in [1.82, 2.24) is 19.9 Å². The molecule has 3 aliphatic carbocycles. The number of hydrogen-bond acceptors (Lipinski definition) is 4. The second-order valence-corrected chi connectivity index (χ2v) is 16.8. The summed E-state index contributed by atoms with van der Waals surface area (Å²) in [4.78, 5) is 20.7. The van der Waals surface area contributed by atoms with Gasteiger partial charge in [0, 0.05) is 33.4 Å². The minimum Gasteiger partial charge on any atom is -0.228 e. The molecule has 0 saturated heterocycles. The van der Waals surface area contributed by atoms with E-state index in [2.05, 4.69) is 182 Å². The van der Waals surface area contributed by atoms with Gasteiger partial charge in [0.05, 0.1) is 22.8 Å². The summed E-state index contributed by atoms with van der Waals surface area (Å²) in [6.45, 7) is 0. The zero-order valence-corrected chi connectivity index (χ0v) is 32.5. The van der Waals surface area contributed by atoms with Crippen molar-refractivity contribution < 1.29 is 0 Å². The van der Waals surface area contributed by atoms with Gasteiger partial charge in [-0.3, -0.25) is 0 Å². The summed E-state index contributed by atoms with van der Waals surface area (Å²) in [5.41, 5.74) is 14.2. The molecule has 3 fully saturated rings. The van der Waals surface area contributed by atoms with Gasteiger partial charge in [0.1, 0.15) is 0 Å². The summed E-state index contributed by atoms with van der Waals surface area (Å²) in [5.74, 6) is 4.33. The fourth-order valence-electron chi connectivity index (χ4n) is 10.6. The number of benzene rings is 7. The van der Waals surface area contributed by atoms with Crippen LogP contribution < -0.4 is 0 Å². The van der Waals surface area contributed by atoms with Crippen molar-refractivity contribution >= 4 is 10.8 Å². The first-order valence-corrected chi connectivity index (χ1v) is 20.8. The van der Waals surface area contributed by atoms with E-state index in [9.17, 15) is 0 Å². The lowest BCUT2D eigenvalue weighted by Gasteiger charge is -2.76. The van der Waals surface area contributed by atoms with E-state index in [0.717, 1.165) is 102 Å². The number of fused-ring (bicyclic) bond motifs is 1. The fourth-order valence-corrected chi connectivity index (χ4v) is 10.6. The van der Waals surface area contributed by atoms with Gasteiger partial charge in [0.25, 0.3) is 0 Å². The van der Waals surface area contributed by atoms with E-state index in [1.54, 1.807) is 0 Å². The van der Waals surface area contributed by atoms with Gasteiger partial charge in [-0.05, 0) is 88.1 Å². The van der Waals surface area contributed by atoms with Crippen molar-refractivity contribution in [1.29, 1.82) is 0 Å². The Balaban J connectivity index is 0.869. The largest absolute Gasteiger partial charge is 0.228 e. The minimum atomic E-state index is 0.401. The standard InChI is InChI=1S/C55H40N4/c1-3-12-38(13-4-1)48-31-50(57-53(56-48)42-17-9-18-45(30-42)55-33-43-29-44(34-55)52(43)55)40-25-21-35(22-26-40)36-23-27-41(28-24-36)51-32-49(39-14-5-2-6-15-39)58-54(59-51)47-20-10-16-37-11-7-8-19-46(37)47/h1-28,30-32,43-44,52H,29,33-34H2. The maximum Gasteiger partial charge on any atom is 0.161 e. The number of rotatable bonds is 8. The maximum absolute atomic E-state index is 5.23. The van der Waals surface area contributed by atoms with Crippen molar-refractivity contribution in [2.24, 2.45) is 17.8 Å². The van der Waals surface area contributed by atoms with Gasteiger partial charge < -0.3 is 0 Å². The third kappa shape index (κ3) is 5.73. The molecule has 2 atom stereocenters. The first kappa shape index (κ1) is 34.0. The van der Waals surface area contributed by atoms with Crippen LogP contribution in [0.15, 0.2) is 188 Å². The molecular weight excluding hydrogens is 717 g/mol. The van der Waals surface area contributed by atoms with Crippen LogP contribution >= 0.6 is 0 Å². The molecule has 0 bridgehead atoms. The Labute approximate surface area is 344 Å². The molecule has 7 aromatic carbocycles. The number of aromatic nitrogens is 4. The van der Waals surface area contributed by atoms with Gasteiger partial charge in [0.15, 0.2) is 11.6 Å². The Morgan fingerprint density at radius 2 is 0.831 bits per heavy atom. The number of nitrogens with zero attached hydrogens (tertiary/aromatic N) is 4. The predicted molar refractivity (Wildman–Crippen MR) is 239 cm³/mol. The van der Waals surface area contributed by atoms with E-state index >= 15 is 0 Å². The molecule has 0 radical (unpaired) electrons. The van der Waals surface area contributed by atoms with Gasteiger partial charge >= 0.3 is 0 Å². The van der Waals surface area contributed by atoms with Crippen LogP contribution in [0.3, 0.4) is 0 Å². The highest BCUT2D eigenvalue weighted by atomic mass is 14.9. The second-order valence-electron chi connectivity index (χ2n) is 16.8.